The van der Waals surface area contributed by atoms with E-state index in [9.17, 15) is 23.1 Å². The predicted octanol–water partition coefficient (Wildman–Crippen LogP) is 3.86. The van der Waals surface area contributed by atoms with Gasteiger partial charge in [0.05, 0.1) is 5.41 Å². The van der Waals surface area contributed by atoms with Gasteiger partial charge in [-0.05, 0) is 26.3 Å². The van der Waals surface area contributed by atoms with E-state index >= 15 is 0 Å². The number of aromatic amines is 1. The molecule has 1 aromatic carbocycles. The number of aryl methyl sites for hydroxylation is 1. The van der Waals surface area contributed by atoms with Crippen LogP contribution in [0.2, 0.25) is 0 Å². The number of nitrogens with one attached hydrogen (secondary N) is 1. The van der Waals surface area contributed by atoms with Crippen LogP contribution in [0.15, 0.2) is 18.2 Å². The van der Waals surface area contributed by atoms with Gasteiger partial charge in [-0.25, -0.2) is 0 Å². The molecule has 0 atom stereocenters. The largest absolute Gasteiger partial charge is 0.481 e. The Labute approximate surface area is 113 Å². The minimum atomic E-state index is -4.63. The van der Waals surface area contributed by atoms with Gasteiger partial charge in [-0.2, -0.15) is 13.2 Å². The molecule has 108 valence electrons. The van der Waals surface area contributed by atoms with E-state index < -0.39 is 23.3 Å². The highest BCUT2D eigenvalue weighted by Crippen LogP contribution is 2.42. The average molecular weight is 285 g/mol. The van der Waals surface area contributed by atoms with Crippen LogP contribution >= 0.6 is 0 Å². The molecule has 2 rings (SSSR count). The lowest BCUT2D eigenvalue weighted by atomic mass is 9.82. The number of carbonyl (C=O) groups is 1. The zero-order valence-corrected chi connectivity index (χ0v) is 11.2. The zero-order chi connectivity index (χ0) is 15.3. The lowest BCUT2D eigenvalue weighted by Gasteiger charge is -2.21. The molecule has 0 amide bonds. The van der Waals surface area contributed by atoms with Crippen molar-refractivity contribution < 1.29 is 23.1 Å². The number of para-hydroxylation sites is 1. The summed E-state index contributed by atoms with van der Waals surface area (Å²) >= 11 is 0. The number of H-pyrrole nitrogens is 1. The number of halogens is 3. The van der Waals surface area contributed by atoms with Crippen LogP contribution in [0.5, 0.6) is 0 Å². The molecule has 1 heterocycles. The molecule has 0 unspecified atom stereocenters. The van der Waals surface area contributed by atoms with Gasteiger partial charge < -0.3 is 10.1 Å². The fourth-order valence-corrected chi connectivity index (χ4v) is 2.33. The smallest absolute Gasteiger partial charge is 0.431 e. The van der Waals surface area contributed by atoms with Crippen molar-refractivity contribution in [3.05, 3.63) is 35.0 Å². The Morgan fingerprint density at radius 2 is 1.85 bits per heavy atom. The van der Waals surface area contributed by atoms with Crippen LogP contribution in [0, 0.1) is 6.92 Å². The molecular weight excluding hydrogens is 271 g/mol. The first kappa shape index (κ1) is 14.4. The number of hydrogen-bond acceptors (Lipinski definition) is 1. The quantitative estimate of drug-likeness (QED) is 0.880. The molecule has 1 aromatic heterocycles. The van der Waals surface area contributed by atoms with Crippen molar-refractivity contribution >= 4 is 16.9 Å². The molecule has 0 aliphatic rings. The fourth-order valence-electron chi connectivity index (χ4n) is 2.33. The summed E-state index contributed by atoms with van der Waals surface area (Å²) in [5, 5.41) is 9.55. The average Bonchev–Trinajstić information content (AvgIpc) is 2.69. The van der Waals surface area contributed by atoms with Crippen LogP contribution < -0.4 is 0 Å². The number of aromatic nitrogens is 1. The second-order valence-electron chi connectivity index (χ2n) is 5.30. The third-order valence-corrected chi connectivity index (χ3v) is 3.49. The highest BCUT2D eigenvalue weighted by atomic mass is 19.4. The van der Waals surface area contributed by atoms with E-state index in [1.54, 1.807) is 19.1 Å². The molecule has 3 nitrogen and oxygen atoms in total. The zero-order valence-electron chi connectivity index (χ0n) is 11.2. The van der Waals surface area contributed by atoms with Crippen LogP contribution in [0.1, 0.15) is 30.7 Å². The number of benzene rings is 1. The summed E-state index contributed by atoms with van der Waals surface area (Å²) < 4.78 is 39.6. The molecule has 20 heavy (non-hydrogen) atoms. The molecule has 0 saturated carbocycles. The van der Waals surface area contributed by atoms with Crippen LogP contribution in [0.3, 0.4) is 0 Å². The van der Waals surface area contributed by atoms with E-state index in [2.05, 4.69) is 4.98 Å². The summed E-state index contributed by atoms with van der Waals surface area (Å²) in [5.41, 5.74) is -1.90. The highest BCUT2D eigenvalue weighted by Gasteiger charge is 2.44. The minimum Gasteiger partial charge on any atom is -0.481 e. The summed E-state index contributed by atoms with van der Waals surface area (Å²) in [7, 11) is 0. The van der Waals surface area contributed by atoms with Gasteiger partial charge in [-0.1, -0.05) is 18.2 Å². The molecule has 6 heteroatoms. The summed E-state index contributed by atoms with van der Waals surface area (Å²) in [6, 6.07) is 4.80. The van der Waals surface area contributed by atoms with Gasteiger partial charge in [0.2, 0.25) is 0 Å². The monoisotopic (exact) mass is 285 g/mol. The summed E-state index contributed by atoms with van der Waals surface area (Å²) in [6.07, 6.45) is -4.63. The van der Waals surface area contributed by atoms with E-state index in [1.165, 1.54) is 19.9 Å². The Hall–Kier alpha value is -1.98. The van der Waals surface area contributed by atoms with Crippen molar-refractivity contribution in [1.82, 2.24) is 4.98 Å². The Bertz CT molecular complexity index is 684. The summed E-state index contributed by atoms with van der Waals surface area (Å²) in [5.74, 6) is -1.30. The third kappa shape index (κ3) is 2.05. The van der Waals surface area contributed by atoms with Crippen molar-refractivity contribution in [2.24, 2.45) is 0 Å². The maximum Gasteiger partial charge on any atom is 0.431 e. The fraction of sp³-hybridized carbons (Fsp3) is 0.357. The Morgan fingerprint density at radius 3 is 2.35 bits per heavy atom. The topological polar surface area (TPSA) is 53.1 Å². The van der Waals surface area contributed by atoms with Crippen LogP contribution in [-0.4, -0.2) is 16.1 Å². The second-order valence-corrected chi connectivity index (χ2v) is 5.30. The van der Waals surface area contributed by atoms with Gasteiger partial charge in [0, 0.05) is 16.5 Å². The normalized spacial score (nSPS) is 12.9. The molecule has 0 aliphatic carbocycles. The minimum absolute atomic E-state index is 0.226. The van der Waals surface area contributed by atoms with Gasteiger partial charge >= 0.3 is 12.1 Å². The number of aliphatic carboxylic acids is 1. The van der Waals surface area contributed by atoms with E-state index in [0.717, 1.165) is 0 Å². The Morgan fingerprint density at radius 1 is 1.25 bits per heavy atom. The SMILES string of the molecule is Cc1cccc2c(C(C)(C)C(=O)O)c(C(F)(F)F)[nH]c12. The Kier molecular flexibility index (Phi) is 3.07. The van der Waals surface area contributed by atoms with Crippen molar-refractivity contribution in [2.75, 3.05) is 0 Å². The molecule has 2 N–H and O–H groups in total. The lowest BCUT2D eigenvalue weighted by molar-refractivity contribution is -0.145. The van der Waals surface area contributed by atoms with Gasteiger partial charge in [-0.15, -0.1) is 0 Å². The highest BCUT2D eigenvalue weighted by molar-refractivity contribution is 5.94. The number of hydrogen-bond donors (Lipinski definition) is 2. The molecular formula is C14H14F3NO2. The van der Waals surface area contributed by atoms with Crippen molar-refractivity contribution in [3.63, 3.8) is 0 Å². The van der Waals surface area contributed by atoms with Crippen LogP contribution in [0.25, 0.3) is 10.9 Å². The van der Waals surface area contributed by atoms with Gasteiger partial charge in [0.15, 0.2) is 0 Å². The molecule has 0 spiro atoms. The van der Waals surface area contributed by atoms with Crippen molar-refractivity contribution in [3.8, 4) is 0 Å². The van der Waals surface area contributed by atoms with Crippen molar-refractivity contribution in [2.45, 2.75) is 32.4 Å². The molecule has 2 aromatic rings. The molecule has 0 fully saturated rings. The van der Waals surface area contributed by atoms with E-state index in [0.29, 0.717) is 16.5 Å². The van der Waals surface area contributed by atoms with Crippen LogP contribution in [-0.2, 0) is 16.4 Å². The number of carboxylic acids is 1. The first-order valence-corrected chi connectivity index (χ1v) is 5.99. The molecule has 0 bridgehead atoms. The summed E-state index contributed by atoms with van der Waals surface area (Å²) in [4.78, 5) is 13.7. The number of alkyl halides is 3. The van der Waals surface area contributed by atoms with Crippen molar-refractivity contribution in [1.29, 1.82) is 0 Å². The predicted molar refractivity (Wildman–Crippen MR) is 68.7 cm³/mol. The molecule has 0 saturated heterocycles. The standard InChI is InChI=1S/C14H14F3NO2/c1-7-5-4-6-8-9(13(2,3)12(19)20)11(14(15,16)17)18-10(7)8/h4-6,18H,1-3H3,(H,19,20). The van der Waals surface area contributed by atoms with E-state index in [4.69, 9.17) is 0 Å². The van der Waals surface area contributed by atoms with Gasteiger partial charge in [-0.3, -0.25) is 4.79 Å². The maximum atomic E-state index is 13.2. The first-order valence-electron chi connectivity index (χ1n) is 5.99. The Balaban J connectivity index is 2.93. The first-order chi connectivity index (χ1) is 9.06. The van der Waals surface area contributed by atoms with Gasteiger partial charge in [0.1, 0.15) is 5.69 Å². The molecule has 0 aliphatic heterocycles. The number of fused-ring (bicyclic) bond motifs is 1. The van der Waals surface area contributed by atoms with Crippen LogP contribution in [0.4, 0.5) is 13.2 Å². The van der Waals surface area contributed by atoms with Gasteiger partial charge in [0.25, 0.3) is 0 Å². The maximum absolute atomic E-state index is 13.2. The third-order valence-electron chi connectivity index (χ3n) is 3.49. The second kappa shape index (κ2) is 4.26. The van der Waals surface area contributed by atoms with E-state index in [-0.39, 0.29) is 5.56 Å². The number of rotatable bonds is 2. The lowest BCUT2D eigenvalue weighted by Crippen LogP contribution is -2.31. The van der Waals surface area contributed by atoms with E-state index in [1.807, 2.05) is 0 Å². The number of carboxylic acid groups (broad SMARTS) is 1. The molecule has 0 radical (unpaired) electrons. The summed E-state index contributed by atoms with van der Waals surface area (Å²) in [6.45, 7) is 4.22.